The summed E-state index contributed by atoms with van der Waals surface area (Å²) in [6, 6.07) is 12.5. The number of fused-ring (bicyclic) bond motifs is 1. The number of nitrogens with zero attached hydrogens (tertiary/aromatic N) is 1. The van der Waals surface area contributed by atoms with E-state index in [1.165, 1.54) is 15.0 Å². The number of H-pyrrole nitrogens is 1. The van der Waals surface area contributed by atoms with E-state index in [2.05, 4.69) is 34.2 Å². The van der Waals surface area contributed by atoms with Crippen molar-refractivity contribution in [1.29, 1.82) is 0 Å². The van der Waals surface area contributed by atoms with Crippen LogP contribution in [0.5, 0.6) is 0 Å². The van der Waals surface area contributed by atoms with E-state index < -0.39 is 0 Å². The Balaban J connectivity index is 2.23. The van der Waals surface area contributed by atoms with Crippen molar-refractivity contribution in [3.05, 3.63) is 47.4 Å². The highest BCUT2D eigenvalue weighted by molar-refractivity contribution is 7.71. The van der Waals surface area contributed by atoms with Crippen LogP contribution in [0.1, 0.15) is 0 Å². The maximum Gasteiger partial charge on any atom is 0.197 e. The summed E-state index contributed by atoms with van der Waals surface area (Å²) in [6.45, 7) is 0. The molecule has 0 aliphatic rings. The Kier molecular flexibility index (Phi) is 2.31. The van der Waals surface area contributed by atoms with Gasteiger partial charge in [0.2, 0.25) is 0 Å². The van der Waals surface area contributed by atoms with Crippen LogP contribution in [0.4, 0.5) is 0 Å². The summed E-state index contributed by atoms with van der Waals surface area (Å²) in [7, 11) is 0. The van der Waals surface area contributed by atoms with E-state index in [9.17, 15) is 0 Å². The maximum atomic E-state index is 5.02. The highest BCUT2D eigenvalue weighted by atomic mass is 32.1. The van der Waals surface area contributed by atoms with Crippen LogP contribution in [0.25, 0.3) is 20.7 Å². The van der Waals surface area contributed by atoms with Gasteiger partial charge in [0, 0.05) is 10.9 Å². The smallest absolute Gasteiger partial charge is 0.197 e. The summed E-state index contributed by atoms with van der Waals surface area (Å²) < 4.78 is 1.81. The van der Waals surface area contributed by atoms with Crippen LogP contribution in [-0.2, 0) is 0 Å². The SMILES string of the molecule is S=c1nccc(-c2cc3ccccc3s2)[nH]1. The van der Waals surface area contributed by atoms with Gasteiger partial charge in [-0.2, -0.15) is 0 Å². The molecule has 0 atom stereocenters. The monoisotopic (exact) mass is 244 g/mol. The Labute approximate surface area is 102 Å². The molecule has 0 aliphatic carbocycles. The average molecular weight is 244 g/mol. The molecule has 0 radical (unpaired) electrons. The van der Waals surface area contributed by atoms with Gasteiger partial charge in [0.05, 0.1) is 10.6 Å². The van der Waals surface area contributed by atoms with Gasteiger partial charge in [0.1, 0.15) is 0 Å². The number of thiophene rings is 1. The van der Waals surface area contributed by atoms with E-state index in [1.807, 2.05) is 12.1 Å². The predicted octanol–water partition coefficient (Wildman–Crippen LogP) is 4.02. The standard InChI is InChI=1S/C12H8N2S2/c15-12-13-6-5-9(14-12)11-7-8-3-1-2-4-10(8)16-11/h1-7H,(H,13,14,15). The lowest BCUT2D eigenvalue weighted by molar-refractivity contribution is 1.14. The summed E-state index contributed by atoms with van der Waals surface area (Å²) in [4.78, 5) is 8.27. The third kappa shape index (κ3) is 1.66. The molecule has 16 heavy (non-hydrogen) atoms. The number of benzene rings is 1. The van der Waals surface area contributed by atoms with E-state index in [1.54, 1.807) is 17.5 Å². The number of hydrogen-bond donors (Lipinski definition) is 1. The largest absolute Gasteiger partial charge is 0.330 e. The third-order valence-corrected chi connectivity index (χ3v) is 3.72. The Hall–Kier alpha value is -1.52. The van der Waals surface area contributed by atoms with E-state index in [0.29, 0.717) is 4.77 Å². The van der Waals surface area contributed by atoms with Gasteiger partial charge in [-0.25, -0.2) is 4.98 Å². The molecule has 0 unspecified atom stereocenters. The molecule has 78 valence electrons. The normalized spacial score (nSPS) is 10.8. The van der Waals surface area contributed by atoms with E-state index in [4.69, 9.17) is 12.2 Å². The fraction of sp³-hybridized carbons (Fsp3) is 0. The number of aromatic amines is 1. The molecule has 2 heterocycles. The molecule has 0 saturated carbocycles. The molecule has 0 amide bonds. The zero-order valence-corrected chi connectivity index (χ0v) is 9.94. The van der Waals surface area contributed by atoms with Gasteiger partial charge >= 0.3 is 0 Å². The molecule has 2 aromatic heterocycles. The van der Waals surface area contributed by atoms with Crippen molar-refractivity contribution in [1.82, 2.24) is 9.97 Å². The fourth-order valence-corrected chi connectivity index (χ4v) is 2.84. The molecule has 0 fully saturated rings. The highest BCUT2D eigenvalue weighted by Crippen LogP contribution is 2.31. The molecule has 0 spiro atoms. The van der Waals surface area contributed by atoms with Crippen LogP contribution in [0.3, 0.4) is 0 Å². The van der Waals surface area contributed by atoms with Gasteiger partial charge in [0.15, 0.2) is 4.77 Å². The second kappa shape index (κ2) is 3.81. The Bertz CT molecular complexity index is 664. The van der Waals surface area contributed by atoms with Crippen molar-refractivity contribution in [2.45, 2.75) is 0 Å². The zero-order chi connectivity index (χ0) is 11.0. The van der Waals surface area contributed by atoms with Gasteiger partial charge in [-0.3, -0.25) is 0 Å². The van der Waals surface area contributed by atoms with Crippen LogP contribution < -0.4 is 0 Å². The fourth-order valence-electron chi connectivity index (χ4n) is 1.63. The first-order valence-electron chi connectivity index (χ1n) is 4.87. The van der Waals surface area contributed by atoms with Crippen LogP contribution in [0.15, 0.2) is 42.6 Å². The minimum atomic E-state index is 0.523. The second-order valence-electron chi connectivity index (χ2n) is 3.44. The van der Waals surface area contributed by atoms with Gasteiger partial charge < -0.3 is 4.98 Å². The second-order valence-corrected chi connectivity index (χ2v) is 4.91. The number of rotatable bonds is 1. The Morgan fingerprint density at radius 1 is 1.19 bits per heavy atom. The highest BCUT2D eigenvalue weighted by Gasteiger charge is 2.03. The summed E-state index contributed by atoms with van der Waals surface area (Å²) in [5, 5.41) is 1.26. The first kappa shape index (κ1) is 9.69. The topological polar surface area (TPSA) is 28.7 Å². The van der Waals surface area contributed by atoms with Crippen molar-refractivity contribution in [2.75, 3.05) is 0 Å². The molecule has 0 bridgehead atoms. The Morgan fingerprint density at radius 3 is 2.88 bits per heavy atom. The van der Waals surface area contributed by atoms with E-state index in [-0.39, 0.29) is 0 Å². The average Bonchev–Trinajstić information content (AvgIpc) is 2.72. The molecule has 2 nitrogen and oxygen atoms in total. The van der Waals surface area contributed by atoms with Crippen molar-refractivity contribution in [3.63, 3.8) is 0 Å². The predicted molar refractivity (Wildman–Crippen MR) is 70.2 cm³/mol. The summed E-state index contributed by atoms with van der Waals surface area (Å²) in [5.41, 5.74) is 1.03. The summed E-state index contributed by atoms with van der Waals surface area (Å²) in [5.74, 6) is 0. The Morgan fingerprint density at radius 2 is 2.06 bits per heavy atom. The minimum absolute atomic E-state index is 0.523. The van der Waals surface area contributed by atoms with E-state index >= 15 is 0 Å². The maximum absolute atomic E-state index is 5.02. The van der Waals surface area contributed by atoms with Crippen LogP contribution in [-0.4, -0.2) is 9.97 Å². The van der Waals surface area contributed by atoms with Crippen molar-refractivity contribution >= 4 is 33.6 Å². The molecule has 3 aromatic rings. The molecule has 1 aromatic carbocycles. The van der Waals surface area contributed by atoms with Gasteiger partial charge in [-0.05, 0) is 35.8 Å². The third-order valence-electron chi connectivity index (χ3n) is 2.37. The molecule has 0 aliphatic heterocycles. The molecule has 3 rings (SSSR count). The van der Waals surface area contributed by atoms with Crippen molar-refractivity contribution < 1.29 is 0 Å². The number of hydrogen-bond acceptors (Lipinski definition) is 3. The zero-order valence-electron chi connectivity index (χ0n) is 8.31. The van der Waals surface area contributed by atoms with Gasteiger partial charge in [-0.15, -0.1) is 11.3 Å². The molecular weight excluding hydrogens is 236 g/mol. The summed E-state index contributed by atoms with van der Waals surface area (Å²) >= 11 is 6.77. The first-order chi connectivity index (χ1) is 7.83. The number of nitrogens with one attached hydrogen (secondary N) is 1. The van der Waals surface area contributed by atoms with Crippen LogP contribution in [0, 0.1) is 4.77 Å². The van der Waals surface area contributed by atoms with Crippen LogP contribution >= 0.6 is 23.6 Å². The number of aromatic nitrogens is 2. The van der Waals surface area contributed by atoms with Crippen LogP contribution in [0.2, 0.25) is 0 Å². The van der Waals surface area contributed by atoms with Crippen molar-refractivity contribution in [3.8, 4) is 10.6 Å². The molecule has 0 saturated heterocycles. The molecular formula is C12H8N2S2. The van der Waals surface area contributed by atoms with E-state index in [0.717, 1.165) is 5.69 Å². The lowest BCUT2D eigenvalue weighted by Gasteiger charge is -1.94. The molecule has 1 N–H and O–H groups in total. The minimum Gasteiger partial charge on any atom is -0.330 e. The molecule has 4 heteroatoms. The van der Waals surface area contributed by atoms with Crippen molar-refractivity contribution in [2.24, 2.45) is 0 Å². The summed E-state index contributed by atoms with van der Waals surface area (Å²) in [6.07, 6.45) is 1.73. The van der Waals surface area contributed by atoms with Gasteiger partial charge in [0.25, 0.3) is 0 Å². The van der Waals surface area contributed by atoms with Gasteiger partial charge in [-0.1, -0.05) is 18.2 Å². The first-order valence-corrected chi connectivity index (χ1v) is 6.10. The lowest BCUT2D eigenvalue weighted by Crippen LogP contribution is -1.82. The lowest BCUT2D eigenvalue weighted by atomic mass is 10.2. The quantitative estimate of drug-likeness (QED) is 0.655.